The molecule has 17 nitrogen and oxygen atoms in total. The van der Waals surface area contributed by atoms with E-state index in [0.717, 1.165) is 0 Å². The van der Waals surface area contributed by atoms with Gasteiger partial charge in [0.25, 0.3) is 0 Å². The predicted octanol–water partition coefficient (Wildman–Crippen LogP) is -3.98. The molecule has 0 spiro atoms. The van der Waals surface area contributed by atoms with Gasteiger partial charge < -0.3 is 42.1 Å². The third-order valence-electron chi connectivity index (χ3n) is 8.49. The van der Waals surface area contributed by atoms with Gasteiger partial charge in [0.05, 0.1) is 18.0 Å². The summed E-state index contributed by atoms with van der Waals surface area (Å²) in [4.78, 5) is 54.9. The number of carbonyl (C=O) groups excluding carboxylic acids is 3. The highest BCUT2D eigenvalue weighted by atomic mass is 32.2. The minimum atomic E-state index is -1.18. The van der Waals surface area contributed by atoms with Crippen molar-refractivity contribution in [3.8, 4) is 0 Å². The molecule has 3 fully saturated rings. The molecule has 9 N–H and O–H groups in total. The van der Waals surface area contributed by atoms with Crippen LogP contribution >= 0.6 is 11.8 Å². The summed E-state index contributed by atoms with van der Waals surface area (Å²) in [5, 5.41) is 39.4. The number of nitrogens with two attached hydrogens (primary N) is 2. The van der Waals surface area contributed by atoms with Gasteiger partial charge in [-0.25, -0.2) is 9.48 Å². The van der Waals surface area contributed by atoms with Gasteiger partial charge in [0.2, 0.25) is 17.7 Å². The number of thioether (sulfide) groups is 1. The highest BCUT2D eigenvalue weighted by molar-refractivity contribution is 8.03. The molecule has 0 bridgehead atoms. The van der Waals surface area contributed by atoms with Crippen LogP contribution in [0, 0.1) is 17.8 Å². The summed E-state index contributed by atoms with van der Waals surface area (Å²) in [6.45, 7) is 4.66. The van der Waals surface area contributed by atoms with Crippen LogP contribution in [0.15, 0.2) is 16.9 Å². The molecule has 1 aromatic heterocycles. The van der Waals surface area contributed by atoms with Gasteiger partial charge in [-0.2, -0.15) is 0 Å². The molecule has 230 valence electrons. The van der Waals surface area contributed by atoms with Gasteiger partial charge in [0, 0.05) is 60.3 Å². The van der Waals surface area contributed by atoms with E-state index in [1.807, 2.05) is 6.92 Å². The first-order chi connectivity index (χ1) is 20.0. The third-order valence-corrected chi connectivity index (χ3v) is 10.0. The van der Waals surface area contributed by atoms with Crippen LogP contribution in [-0.2, 0) is 25.7 Å². The lowest BCUT2D eigenvalue weighted by Crippen LogP contribution is -2.66. The van der Waals surface area contributed by atoms with E-state index < -0.39 is 36.3 Å². The highest BCUT2D eigenvalue weighted by Crippen LogP contribution is 2.51. The second-order valence-electron chi connectivity index (χ2n) is 11.3. The molecule has 1 unspecified atom stereocenters. The van der Waals surface area contributed by atoms with E-state index in [1.165, 1.54) is 27.7 Å². The number of β-lactam (4-membered cyclic amide) rings is 1. The quantitative estimate of drug-likeness (QED) is 0.0937. The van der Waals surface area contributed by atoms with E-state index in [-0.39, 0.29) is 59.7 Å². The zero-order valence-electron chi connectivity index (χ0n) is 23.3. The van der Waals surface area contributed by atoms with Crippen molar-refractivity contribution in [1.82, 2.24) is 46.0 Å². The van der Waals surface area contributed by atoms with E-state index >= 15 is 0 Å². The van der Waals surface area contributed by atoms with Crippen LogP contribution in [-0.4, -0.2) is 126 Å². The number of aliphatic hydroxyl groups excluding tert-OH is 1. The molecule has 3 saturated heterocycles. The Hall–Kier alpha value is -3.16. The number of carboxylic acid groups (broad SMARTS) is 1. The van der Waals surface area contributed by atoms with Gasteiger partial charge in [0.15, 0.2) is 0 Å². The molecular formula is C24H37N11O6S. The molecule has 5 heterocycles. The normalized spacial score (nSPS) is 31.5. The fourth-order valence-corrected chi connectivity index (χ4v) is 8.02. The first-order valence-corrected chi connectivity index (χ1v) is 14.8. The molecular weight excluding hydrogens is 570 g/mol. The Labute approximate surface area is 245 Å². The number of tetrazole rings is 1. The van der Waals surface area contributed by atoms with Crippen molar-refractivity contribution in [2.45, 2.75) is 62.5 Å². The average Bonchev–Trinajstić information content (AvgIpc) is 3.71. The Morgan fingerprint density at radius 1 is 1.29 bits per heavy atom. The number of aliphatic hydroxyl groups is 1. The Kier molecular flexibility index (Phi) is 8.81. The Balaban J connectivity index is 1.21. The number of carbonyl (C=O) groups is 4. The number of aromatic nitrogens is 4. The molecule has 8 atom stereocenters. The predicted molar refractivity (Wildman–Crippen MR) is 147 cm³/mol. The minimum Gasteiger partial charge on any atom is -0.477 e. The van der Waals surface area contributed by atoms with E-state index in [9.17, 15) is 29.4 Å². The maximum atomic E-state index is 13.3. The second-order valence-corrected chi connectivity index (χ2v) is 12.7. The Bertz CT molecular complexity index is 1250. The minimum absolute atomic E-state index is 0.0295. The number of aliphatic carboxylic acids is 1. The van der Waals surface area contributed by atoms with Crippen LogP contribution < -0.4 is 27.4 Å². The molecule has 4 aliphatic heterocycles. The summed E-state index contributed by atoms with van der Waals surface area (Å²) in [5.74, 6) is -3.02. The molecule has 4 aliphatic rings. The third kappa shape index (κ3) is 5.73. The standard InChI is InChI=1S/C24H37N11O6S/c1-10-18-17(11(2)29-16(37)7-34-9-28-31-32-34)22(39)35(18)19(23(40)41)20(10)42-13-3-14(27-4-13)21(38)33-5-12(8-36)15(6-33)30-24(25)26/h9-15,17-18,24,27,30,36H,3-8,25-26H2,1-2H3,(H,29,37)(H,40,41)/t10-,11?,12+,13+,14+,15-,17-,18-/m1/s1. The first kappa shape index (κ1) is 30.3. The van der Waals surface area contributed by atoms with Gasteiger partial charge in [-0.15, -0.1) is 16.9 Å². The molecule has 1 aromatic rings. The maximum Gasteiger partial charge on any atom is 0.353 e. The zero-order chi connectivity index (χ0) is 30.3. The van der Waals surface area contributed by atoms with E-state index in [0.29, 0.717) is 31.0 Å². The zero-order valence-corrected chi connectivity index (χ0v) is 24.1. The summed E-state index contributed by atoms with van der Waals surface area (Å²) < 4.78 is 1.27. The average molecular weight is 608 g/mol. The lowest BCUT2D eigenvalue weighted by Gasteiger charge is -2.47. The van der Waals surface area contributed by atoms with E-state index in [4.69, 9.17) is 11.5 Å². The monoisotopic (exact) mass is 607 g/mol. The summed E-state index contributed by atoms with van der Waals surface area (Å²) in [6.07, 6.45) is 1.03. The highest BCUT2D eigenvalue weighted by Gasteiger charge is 2.60. The van der Waals surface area contributed by atoms with Crippen LogP contribution in [0.2, 0.25) is 0 Å². The topological polar surface area (TPSA) is 247 Å². The number of hydrogen-bond donors (Lipinski definition) is 7. The van der Waals surface area contributed by atoms with Crippen molar-refractivity contribution >= 4 is 35.5 Å². The summed E-state index contributed by atoms with van der Waals surface area (Å²) in [6, 6.07) is -1.61. The van der Waals surface area contributed by atoms with E-state index in [1.54, 1.807) is 11.8 Å². The second kappa shape index (κ2) is 12.2. The first-order valence-electron chi connectivity index (χ1n) is 13.9. The number of hydrogen-bond acceptors (Lipinski definition) is 13. The van der Waals surface area contributed by atoms with Crippen molar-refractivity contribution in [3.05, 3.63) is 16.9 Å². The Morgan fingerprint density at radius 3 is 2.69 bits per heavy atom. The summed E-state index contributed by atoms with van der Waals surface area (Å²) in [5.41, 5.74) is 11.3. The van der Waals surface area contributed by atoms with Gasteiger partial charge in [-0.1, -0.05) is 6.92 Å². The molecule has 5 rings (SSSR count). The van der Waals surface area contributed by atoms with Gasteiger partial charge in [-0.3, -0.25) is 19.7 Å². The Morgan fingerprint density at radius 2 is 2.05 bits per heavy atom. The van der Waals surface area contributed by atoms with E-state index in [2.05, 4.69) is 31.5 Å². The lowest BCUT2D eigenvalue weighted by molar-refractivity contribution is -0.158. The van der Waals surface area contributed by atoms with Crippen LogP contribution in [0.1, 0.15) is 20.3 Å². The van der Waals surface area contributed by atoms with Gasteiger partial charge >= 0.3 is 5.97 Å². The number of nitrogens with zero attached hydrogens (tertiary/aromatic N) is 6. The number of carboxylic acids is 1. The van der Waals surface area contributed by atoms with Crippen molar-refractivity contribution in [2.75, 3.05) is 26.2 Å². The summed E-state index contributed by atoms with van der Waals surface area (Å²) in [7, 11) is 0. The molecule has 18 heteroatoms. The largest absolute Gasteiger partial charge is 0.477 e. The summed E-state index contributed by atoms with van der Waals surface area (Å²) >= 11 is 1.39. The number of fused-ring (bicyclic) bond motifs is 1. The maximum absolute atomic E-state index is 13.3. The van der Waals surface area contributed by atoms with Crippen molar-refractivity contribution in [2.24, 2.45) is 29.2 Å². The van der Waals surface area contributed by atoms with Gasteiger partial charge in [-0.05, 0) is 23.8 Å². The molecule has 0 aromatic carbocycles. The fraction of sp³-hybridized carbons (Fsp3) is 0.708. The smallest absolute Gasteiger partial charge is 0.353 e. The molecule has 3 amide bonds. The molecule has 42 heavy (non-hydrogen) atoms. The molecule has 0 saturated carbocycles. The van der Waals surface area contributed by atoms with Crippen LogP contribution in [0.25, 0.3) is 0 Å². The van der Waals surface area contributed by atoms with Crippen LogP contribution in [0.5, 0.6) is 0 Å². The van der Waals surface area contributed by atoms with Crippen molar-refractivity contribution in [3.63, 3.8) is 0 Å². The fourth-order valence-electron chi connectivity index (χ4n) is 6.54. The number of nitrogens with one attached hydrogen (secondary N) is 3. The molecule has 0 radical (unpaired) electrons. The van der Waals surface area contributed by atoms with Gasteiger partial charge in [0.1, 0.15) is 24.9 Å². The number of rotatable bonds is 11. The van der Waals surface area contributed by atoms with Crippen molar-refractivity contribution < 1.29 is 29.4 Å². The lowest BCUT2D eigenvalue weighted by atomic mass is 9.78. The SMILES string of the molecule is CC(NC(=O)Cn1cnnn1)[C@H]1C(=O)N2C(C(=O)O)=C(S[C@@H]3CN[C@H](C(=O)N4C[C@@H](CO)[C@H](NC(N)N)C4)C3)[C@H](C)[C@H]12. The number of amides is 3. The van der Waals surface area contributed by atoms with Crippen molar-refractivity contribution in [1.29, 1.82) is 0 Å². The number of likely N-dealkylation sites (tertiary alicyclic amines) is 1. The van der Waals surface area contributed by atoms with Crippen LogP contribution in [0.3, 0.4) is 0 Å². The van der Waals surface area contributed by atoms with Crippen LogP contribution in [0.4, 0.5) is 0 Å². The molecule has 0 aliphatic carbocycles.